The summed E-state index contributed by atoms with van der Waals surface area (Å²) in [6.45, 7) is 12.1. The summed E-state index contributed by atoms with van der Waals surface area (Å²) in [5.74, 6) is -0.280. The molecule has 2 heterocycles. The molecule has 0 N–H and O–H groups in total. The first-order chi connectivity index (χ1) is 15.9. The lowest BCUT2D eigenvalue weighted by molar-refractivity contribution is -0.232. The van der Waals surface area contributed by atoms with Crippen molar-refractivity contribution in [3.05, 3.63) is 36.3 Å². The van der Waals surface area contributed by atoms with Gasteiger partial charge in [0.25, 0.3) is 0 Å². The molecule has 6 heteroatoms. The first kappa shape index (κ1) is 22.3. The quantitative estimate of drug-likeness (QED) is 0.467. The van der Waals surface area contributed by atoms with Crippen LogP contribution in [0.4, 0.5) is 0 Å². The fraction of sp³-hybridized carbons (Fsp3) is 0.679. The van der Waals surface area contributed by atoms with Crippen molar-refractivity contribution < 1.29 is 28.3 Å². The third-order valence-electron chi connectivity index (χ3n) is 11.0. The highest BCUT2D eigenvalue weighted by atomic mass is 16.6. The second-order valence-electron chi connectivity index (χ2n) is 12.6. The molecule has 0 bridgehead atoms. The van der Waals surface area contributed by atoms with E-state index in [1.54, 1.807) is 18.6 Å². The van der Waals surface area contributed by atoms with Crippen LogP contribution >= 0.6 is 0 Å². The molecule has 4 fully saturated rings. The normalized spacial score (nSPS) is 50.1. The fourth-order valence-corrected chi connectivity index (χ4v) is 9.55. The maximum atomic E-state index is 13.7. The highest BCUT2D eigenvalue weighted by molar-refractivity contribution is 5.99. The summed E-state index contributed by atoms with van der Waals surface area (Å²) < 4.78 is 18.0. The number of Topliss-reactive ketones (excluding diaryl/α,β-unsaturated/α-hetero) is 1. The molecule has 1 spiro atoms. The van der Waals surface area contributed by atoms with Gasteiger partial charge in [-0.15, -0.1) is 0 Å². The van der Waals surface area contributed by atoms with Crippen molar-refractivity contribution in [1.29, 1.82) is 0 Å². The van der Waals surface area contributed by atoms with E-state index in [2.05, 4.69) is 26.8 Å². The molecule has 1 aliphatic heterocycles. The minimum Gasteiger partial charge on any atom is -0.472 e. The first-order valence-corrected chi connectivity index (χ1v) is 12.5. The van der Waals surface area contributed by atoms with Crippen molar-refractivity contribution in [2.45, 2.75) is 84.5 Å². The van der Waals surface area contributed by atoms with Crippen molar-refractivity contribution in [1.82, 2.24) is 0 Å². The van der Waals surface area contributed by atoms with Crippen LogP contribution in [0.1, 0.15) is 72.3 Å². The average Bonchev–Trinajstić information content (AvgIpc) is 3.24. The molecule has 5 aliphatic rings. The predicted molar refractivity (Wildman–Crippen MR) is 123 cm³/mol. The van der Waals surface area contributed by atoms with Gasteiger partial charge < -0.3 is 13.9 Å². The first-order valence-electron chi connectivity index (χ1n) is 12.5. The highest BCUT2D eigenvalue weighted by Crippen LogP contribution is 2.81. The number of ketones is 2. The highest BCUT2D eigenvalue weighted by Gasteiger charge is 2.89. The second kappa shape index (κ2) is 6.31. The van der Waals surface area contributed by atoms with Gasteiger partial charge in [-0.1, -0.05) is 40.7 Å². The topological polar surface area (TPSA) is 86.1 Å². The maximum Gasteiger partial charge on any atom is 0.302 e. The standard InChI is InChI=1S/C28H34O6/c1-15(29)33-20-13-18-24(2,3)19(30)8-10-25(18,4)17-7-11-26(5)21(16-9-12-32-14-16)22(31)23-28(26,34-23)27(17,20)6/h8-10,12,14,17-18,20-21,23H,7,11,13H2,1-6H3/t17-,18+,20-,21-,23-,25-,26?,27+,28?/m1/s1. The van der Waals surface area contributed by atoms with Crippen LogP contribution < -0.4 is 0 Å². The zero-order valence-corrected chi connectivity index (χ0v) is 20.8. The van der Waals surface area contributed by atoms with Gasteiger partial charge in [-0.05, 0) is 48.7 Å². The van der Waals surface area contributed by atoms with Gasteiger partial charge in [0.05, 0.1) is 18.4 Å². The van der Waals surface area contributed by atoms with Crippen LogP contribution in [0.3, 0.4) is 0 Å². The van der Waals surface area contributed by atoms with Gasteiger partial charge in [0.1, 0.15) is 17.8 Å². The van der Waals surface area contributed by atoms with Crippen molar-refractivity contribution in [2.24, 2.45) is 33.5 Å². The number of furan rings is 1. The average molecular weight is 467 g/mol. The third kappa shape index (κ3) is 2.21. The number of rotatable bonds is 2. The van der Waals surface area contributed by atoms with E-state index in [0.29, 0.717) is 6.42 Å². The van der Waals surface area contributed by atoms with Crippen LogP contribution in [-0.2, 0) is 23.9 Å². The minimum absolute atomic E-state index is 0.0275. The van der Waals surface area contributed by atoms with Gasteiger partial charge >= 0.3 is 5.97 Å². The van der Waals surface area contributed by atoms with E-state index in [-0.39, 0.29) is 40.7 Å². The SMILES string of the molecule is CC(=O)O[C@@H]1C[C@H]2C(C)(C)C(=O)C=C[C@]2(C)[C@H]2CCC3(C)[C@H](c4ccoc4)C(=O)[C@H]4OC43[C@@]21C. The van der Waals surface area contributed by atoms with E-state index in [4.69, 9.17) is 13.9 Å². The second-order valence-corrected chi connectivity index (χ2v) is 12.6. The molecule has 9 atom stereocenters. The molecular weight excluding hydrogens is 432 g/mol. The van der Waals surface area contributed by atoms with Gasteiger partial charge in [0.15, 0.2) is 11.6 Å². The number of hydrogen-bond acceptors (Lipinski definition) is 6. The zero-order valence-electron chi connectivity index (χ0n) is 20.8. The Bertz CT molecular complexity index is 1130. The molecule has 0 radical (unpaired) electrons. The fourth-order valence-electron chi connectivity index (χ4n) is 9.55. The summed E-state index contributed by atoms with van der Waals surface area (Å²) in [5.41, 5.74) is -1.65. The lowest BCUT2D eigenvalue weighted by Crippen LogP contribution is -2.70. The number of hydrogen-bond donors (Lipinski definition) is 0. The van der Waals surface area contributed by atoms with E-state index >= 15 is 0 Å². The lowest BCUT2D eigenvalue weighted by atomic mass is 9.36. The Labute approximate surface area is 200 Å². The summed E-state index contributed by atoms with van der Waals surface area (Å²) in [7, 11) is 0. The summed E-state index contributed by atoms with van der Waals surface area (Å²) >= 11 is 0. The van der Waals surface area contributed by atoms with Crippen LogP contribution in [0.15, 0.2) is 35.2 Å². The summed E-state index contributed by atoms with van der Waals surface area (Å²) in [5, 5.41) is 0. The van der Waals surface area contributed by atoms with E-state index < -0.39 is 34.1 Å². The number of esters is 1. The smallest absolute Gasteiger partial charge is 0.302 e. The number of allylic oxidation sites excluding steroid dienone is 2. The molecule has 0 aromatic carbocycles. The zero-order chi connectivity index (χ0) is 24.5. The minimum atomic E-state index is -0.713. The van der Waals surface area contributed by atoms with Gasteiger partial charge in [-0.2, -0.15) is 0 Å². The van der Waals surface area contributed by atoms with Crippen LogP contribution in [-0.4, -0.2) is 35.3 Å². The van der Waals surface area contributed by atoms with Gasteiger partial charge in [0, 0.05) is 28.7 Å². The number of ether oxygens (including phenoxy) is 2. The summed E-state index contributed by atoms with van der Waals surface area (Å²) in [4.78, 5) is 39.0. The molecule has 4 aliphatic carbocycles. The lowest BCUT2D eigenvalue weighted by Gasteiger charge is -2.67. The van der Waals surface area contributed by atoms with Crippen LogP contribution in [0.25, 0.3) is 0 Å². The van der Waals surface area contributed by atoms with Gasteiger partial charge in [-0.3, -0.25) is 14.4 Å². The number of carbonyl (C=O) groups excluding carboxylic acids is 3. The van der Waals surface area contributed by atoms with E-state index in [1.807, 2.05) is 19.9 Å². The summed E-state index contributed by atoms with van der Waals surface area (Å²) in [6, 6.07) is 1.89. The Hall–Kier alpha value is -2.21. The van der Waals surface area contributed by atoms with E-state index in [0.717, 1.165) is 18.4 Å². The molecule has 0 amide bonds. The van der Waals surface area contributed by atoms with Crippen LogP contribution in [0, 0.1) is 33.5 Å². The van der Waals surface area contributed by atoms with Crippen LogP contribution in [0.5, 0.6) is 0 Å². The molecule has 182 valence electrons. The van der Waals surface area contributed by atoms with Gasteiger partial charge in [-0.25, -0.2) is 0 Å². The number of epoxide rings is 1. The van der Waals surface area contributed by atoms with Crippen molar-refractivity contribution >= 4 is 17.5 Å². The molecule has 6 nitrogen and oxygen atoms in total. The largest absolute Gasteiger partial charge is 0.472 e. The molecular formula is C28H34O6. The molecule has 1 aromatic rings. The number of carbonyl (C=O) groups is 3. The Morgan fingerprint density at radius 1 is 1.12 bits per heavy atom. The Morgan fingerprint density at radius 3 is 2.50 bits per heavy atom. The maximum absolute atomic E-state index is 13.7. The monoisotopic (exact) mass is 466 g/mol. The molecule has 2 unspecified atom stereocenters. The van der Waals surface area contributed by atoms with E-state index in [9.17, 15) is 14.4 Å². The Balaban J connectivity index is 1.54. The van der Waals surface area contributed by atoms with Crippen molar-refractivity contribution in [3.8, 4) is 0 Å². The van der Waals surface area contributed by atoms with Gasteiger partial charge in [0.2, 0.25) is 0 Å². The van der Waals surface area contributed by atoms with E-state index in [1.165, 1.54) is 6.92 Å². The molecule has 3 saturated carbocycles. The Kier molecular flexibility index (Phi) is 4.13. The predicted octanol–water partition coefficient (Wildman–Crippen LogP) is 4.63. The van der Waals surface area contributed by atoms with Crippen molar-refractivity contribution in [2.75, 3.05) is 0 Å². The van der Waals surface area contributed by atoms with Crippen LogP contribution in [0.2, 0.25) is 0 Å². The molecule has 6 rings (SSSR count). The summed E-state index contributed by atoms with van der Waals surface area (Å²) in [6.07, 6.45) is 8.49. The third-order valence-corrected chi connectivity index (χ3v) is 11.0. The molecule has 34 heavy (non-hydrogen) atoms. The molecule has 1 saturated heterocycles. The number of fused-ring (bicyclic) bond motifs is 3. The Morgan fingerprint density at radius 2 is 1.85 bits per heavy atom. The van der Waals surface area contributed by atoms with Crippen molar-refractivity contribution in [3.63, 3.8) is 0 Å². The molecule has 1 aromatic heterocycles.